The number of hydrogen-bond acceptors (Lipinski definition) is 6. The number of alkyl halides is 2. The molecule has 7 nitrogen and oxygen atoms in total. The first-order valence-electron chi connectivity index (χ1n) is 9.51. The number of piperazine rings is 1. The molecule has 0 aliphatic carbocycles. The van der Waals surface area contributed by atoms with Gasteiger partial charge in [0, 0.05) is 38.0 Å². The number of benzene rings is 2. The van der Waals surface area contributed by atoms with Gasteiger partial charge in [0.2, 0.25) is 0 Å². The van der Waals surface area contributed by atoms with E-state index in [0.717, 1.165) is 13.1 Å². The lowest BCUT2D eigenvalue weighted by Crippen LogP contribution is -2.44. The molecule has 0 amide bonds. The zero-order valence-corrected chi connectivity index (χ0v) is 19.0. The number of rotatable bonds is 7. The molecule has 11 heteroatoms. The quantitative estimate of drug-likeness (QED) is 0.569. The second-order valence-electron chi connectivity index (χ2n) is 7.19. The van der Waals surface area contributed by atoms with Crippen LogP contribution in [0, 0.1) is 6.92 Å². The predicted molar refractivity (Wildman–Crippen MR) is 116 cm³/mol. The van der Waals surface area contributed by atoms with Gasteiger partial charge in [-0.05, 0) is 49.9 Å². The van der Waals surface area contributed by atoms with Gasteiger partial charge in [0.05, 0.1) is 17.7 Å². The maximum Gasteiger partial charge on any atom is 0.387 e. The zero-order chi connectivity index (χ0) is 22.8. The smallest absolute Gasteiger partial charge is 0.387 e. The largest absolute Gasteiger partial charge is 0.495 e. The minimum atomic E-state index is -4.28. The molecule has 0 radical (unpaired) electrons. The average molecular weight is 476 g/mol. The Bertz CT molecular complexity index is 1030. The topological polar surface area (TPSA) is 62.3 Å². The highest BCUT2D eigenvalue weighted by molar-refractivity contribution is 7.94. The van der Waals surface area contributed by atoms with Crippen LogP contribution in [0.25, 0.3) is 0 Å². The van der Waals surface area contributed by atoms with Crippen LogP contribution in [0.5, 0.6) is 11.5 Å². The minimum Gasteiger partial charge on any atom is -0.495 e. The number of likely N-dealkylation sites (N-methyl/N-ethyl adjacent to an activating group) is 1. The molecule has 1 heterocycles. The van der Waals surface area contributed by atoms with Gasteiger partial charge in [0.1, 0.15) is 11.4 Å². The van der Waals surface area contributed by atoms with Crippen LogP contribution >= 0.6 is 11.8 Å². The molecule has 3 rings (SSSR count). The zero-order valence-electron chi connectivity index (χ0n) is 17.4. The standard InChI is InChI=1S/C20H24ClF2N3O4S/c1-14-4-6-16(19(12-14)30-20(22)23)26(21)31(27,28)15-5-7-18(29-3)17(13-15)25-10-8-24(2)9-11-25/h4-7,12-13,20H,8-11H2,1-3H3. The van der Waals surface area contributed by atoms with Gasteiger partial charge in [-0.3, -0.25) is 0 Å². The van der Waals surface area contributed by atoms with E-state index in [2.05, 4.69) is 9.64 Å². The number of halogens is 3. The summed E-state index contributed by atoms with van der Waals surface area (Å²) in [5.41, 5.74) is 1.03. The summed E-state index contributed by atoms with van der Waals surface area (Å²) in [4.78, 5) is 4.11. The summed E-state index contributed by atoms with van der Waals surface area (Å²) >= 11 is 6.17. The van der Waals surface area contributed by atoms with Gasteiger partial charge in [-0.15, -0.1) is 0 Å². The van der Waals surface area contributed by atoms with Crippen molar-refractivity contribution in [3.8, 4) is 11.5 Å². The Labute approximate surface area is 185 Å². The molecule has 1 aliphatic rings. The summed E-state index contributed by atoms with van der Waals surface area (Å²) in [6, 6.07) is 8.58. The van der Waals surface area contributed by atoms with Crippen molar-refractivity contribution in [3.05, 3.63) is 42.0 Å². The first-order chi connectivity index (χ1) is 14.6. The van der Waals surface area contributed by atoms with Crippen molar-refractivity contribution in [1.82, 2.24) is 4.90 Å². The highest BCUT2D eigenvalue weighted by atomic mass is 35.5. The van der Waals surface area contributed by atoms with E-state index in [-0.39, 0.29) is 16.3 Å². The van der Waals surface area contributed by atoms with Gasteiger partial charge >= 0.3 is 6.61 Å². The van der Waals surface area contributed by atoms with E-state index in [9.17, 15) is 17.2 Å². The Balaban J connectivity index is 1.99. The molecule has 0 atom stereocenters. The first kappa shape index (κ1) is 23.4. The Morgan fingerprint density at radius 1 is 1.06 bits per heavy atom. The molecule has 0 saturated carbocycles. The average Bonchev–Trinajstić information content (AvgIpc) is 2.73. The Morgan fingerprint density at radius 3 is 2.35 bits per heavy atom. The molecular weight excluding hydrogens is 452 g/mol. The molecule has 0 spiro atoms. The van der Waals surface area contributed by atoms with Crippen LogP contribution in [-0.4, -0.2) is 60.3 Å². The van der Waals surface area contributed by atoms with E-state index in [1.165, 1.54) is 31.4 Å². The van der Waals surface area contributed by atoms with Crippen LogP contribution in [0.4, 0.5) is 20.2 Å². The Morgan fingerprint density at radius 2 is 1.74 bits per heavy atom. The third-order valence-corrected chi connectivity index (χ3v) is 7.22. The lowest BCUT2D eigenvalue weighted by atomic mass is 10.2. The highest BCUT2D eigenvalue weighted by Gasteiger charge is 2.29. The number of nitrogens with zero attached hydrogens (tertiary/aromatic N) is 3. The summed E-state index contributed by atoms with van der Waals surface area (Å²) in [6.07, 6.45) is 0. The highest BCUT2D eigenvalue weighted by Crippen LogP contribution is 2.38. The van der Waals surface area contributed by atoms with Crippen LogP contribution in [0.1, 0.15) is 5.56 Å². The molecule has 0 unspecified atom stereocenters. The molecule has 1 aliphatic heterocycles. The van der Waals surface area contributed by atoms with Crippen molar-refractivity contribution in [2.45, 2.75) is 18.4 Å². The van der Waals surface area contributed by atoms with Crippen molar-refractivity contribution in [1.29, 1.82) is 0 Å². The molecule has 2 aromatic rings. The van der Waals surface area contributed by atoms with Crippen molar-refractivity contribution >= 4 is 33.2 Å². The van der Waals surface area contributed by atoms with E-state index < -0.39 is 16.6 Å². The van der Waals surface area contributed by atoms with Crippen molar-refractivity contribution in [3.63, 3.8) is 0 Å². The van der Waals surface area contributed by atoms with E-state index in [1.54, 1.807) is 19.1 Å². The molecule has 0 N–H and O–H groups in total. The summed E-state index contributed by atoms with van der Waals surface area (Å²) in [6.45, 7) is 1.58. The van der Waals surface area contributed by atoms with E-state index in [4.69, 9.17) is 16.5 Å². The molecule has 170 valence electrons. The van der Waals surface area contributed by atoms with Gasteiger partial charge in [-0.25, -0.2) is 0 Å². The fourth-order valence-corrected chi connectivity index (χ4v) is 4.78. The monoisotopic (exact) mass is 475 g/mol. The molecular formula is C20H24ClF2N3O4S. The van der Waals surface area contributed by atoms with Gasteiger partial charge in [0.15, 0.2) is 5.75 Å². The van der Waals surface area contributed by atoms with Gasteiger partial charge in [0.25, 0.3) is 10.0 Å². The number of methoxy groups -OCH3 is 1. The number of sulfonamides is 1. The lowest BCUT2D eigenvalue weighted by molar-refractivity contribution is -0.0494. The number of aryl methyl sites for hydroxylation is 1. The SMILES string of the molecule is COc1ccc(S(=O)(=O)N(Cl)c2ccc(C)cc2OC(F)F)cc1N1CCN(C)CC1. The summed E-state index contributed by atoms with van der Waals surface area (Å²) in [5.74, 6) is 0.197. The molecule has 0 aromatic heterocycles. The number of hydrogen-bond donors (Lipinski definition) is 0. The first-order valence-corrected chi connectivity index (χ1v) is 11.3. The van der Waals surface area contributed by atoms with Crippen molar-refractivity contribution in [2.75, 3.05) is 49.1 Å². The van der Waals surface area contributed by atoms with E-state index >= 15 is 0 Å². The normalized spacial score (nSPS) is 15.3. The van der Waals surface area contributed by atoms with Crippen LogP contribution in [0.2, 0.25) is 0 Å². The third-order valence-electron chi connectivity index (χ3n) is 5.02. The molecule has 1 saturated heterocycles. The van der Waals surface area contributed by atoms with E-state index in [0.29, 0.717) is 33.9 Å². The molecule has 0 bridgehead atoms. The van der Waals surface area contributed by atoms with E-state index in [1.807, 2.05) is 11.9 Å². The van der Waals surface area contributed by atoms with Crippen molar-refractivity contribution < 1.29 is 26.7 Å². The third kappa shape index (κ3) is 5.13. The fraction of sp³-hybridized carbons (Fsp3) is 0.400. The number of ether oxygens (including phenoxy) is 2. The molecule has 31 heavy (non-hydrogen) atoms. The lowest BCUT2D eigenvalue weighted by Gasteiger charge is -2.35. The summed E-state index contributed by atoms with van der Waals surface area (Å²) in [7, 11) is -0.752. The molecule has 2 aromatic carbocycles. The second kappa shape index (κ2) is 9.46. The fourth-order valence-electron chi connectivity index (χ4n) is 3.30. The van der Waals surface area contributed by atoms with Gasteiger partial charge in [-0.1, -0.05) is 6.07 Å². The van der Waals surface area contributed by atoms with Crippen molar-refractivity contribution in [2.24, 2.45) is 0 Å². The predicted octanol–water partition coefficient (Wildman–Crippen LogP) is 3.71. The summed E-state index contributed by atoms with van der Waals surface area (Å²) < 4.78 is 62.4. The summed E-state index contributed by atoms with van der Waals surface area (Å²) in [5, 5.41) is 0. The van der Waals surface area contributed by atoms with Crippen LogP contribution in [0.3, 0.4) is 0 Å². The maximum atomic E-state index is 13.2. The Kier molecular flexibility index (Phi) is 7.13. The van der Waals surface area contributed by atoms with Crippen LogP contribution in [-0.2, 0) is 10.0 Å². The number of anilines is 2. The van der Waals surface area contributed by atoms with Crippen LogP contribution < -0.4 is 18.2 Å². The Hall–Kier alpha value is -2.30. The van der Waals surface area contributed by atoms with Gasteiger partial charge < -0.3 is 19.3 Å². The van der Waals surface area contributed by atoms with Gasteiger partial charge in [-0.2, -0.15) is 21.0 Å². The maximum absolute atomic E-state index is 13.2. The second-order valence-corrected chi connectivity index (χ2v) is 9.52. The molecule has 1 fully saturated rings. The minimum absolute atomic E-state index is 0.0965. The van der Waals surface area contributed by atoms with Crippen LogP contribution in [0.15, 0.2) is 41.3 Å².